The Morgan fingerprint density at radius 2 is 1.89 bits per heavy atom. The van der Waals surface area contributed by atoms with Gasteiger partial charge in [-0.1, -0.05) is 26.6 Å². The van der Waals surface area contributed by atoms with Gasteiger partial charge in [0, 0.05) is 33.7 Å². The average Bonchev–Trinajstić information content (AvgIpc) is 2.28. The van der Waals surface area contributed by atoms with Gasteiger partial charge in [-0.3, -0.25) is 0 Å². The number of aliphatic hydroxyl groups excluding tert-OH is 1. The summed E-state index contributed by atoms with van der Waals surface area (Å²) < 4.78 is 11.1. The van der Waals surface area contributed by atoms with Crippen LogP contribution in [0.3, 0.4) is 0 Å². The van der Waals surface area contributed by atoms with E-state index >= 15 is 0 Å². The van der Waals surface area contributed by atoms with Crippen LogP contribution >= 0.6 is 0 Å². The van der Waals surface area contributed by atoms with E-state index in [1.807, 2.05) is 0 Å². The second kappa shape index (κ2) is 7.74. The van der Waals surface area contributed by atoms with Crippen LogP contribution in [0.25, 0.3) is 0 Å². The molecular weight excluding hydrogens is 258 g/mol. The van der Waals surface area contributed by atoms with Crippen molar-refractivity contribution >= 4 is 8.07 Å². The number of hydrogen-bond acceptors (Lipinski definition) is 4. The van der Waals surface area contributed by atoms with Gasteiger partial charge in [-0.25, -0.2) is 0 Å². The summed E-state index contributed by atoms with van der Waals surface area (Å²) in [6.45, 7) is 12.7. The van der Waals surface area contributed by atoms with Crippen molar-refractivity contribution in [1.82, 2.24) is 4.90 Å². The molecule has 1 rings (SSSR count). The van der Waals surface area contributed by atoms with Crippen LogP contribution in [0, 0.1) is 11.8 Å². The number of nitrogens with zero attached hydrogens (tertiary/aromatic N) is 1. The Bertz CT molecular complexity index is 258. The molecule has 3 atom stereocenters. The number of ether oxygens (including phenoxy) is 2. The number of rotatable bonds is 7. The van der Waals surface area contributed by atoms with Crippen LogP contribution in [0.1, 0.15) is 6.92 Å². The van der Waals surface area contributed by atoms with Gasteiger partial charge in [0.05, 0.1) is 12.7 Å². The second-order valence-electron chi connectivity index (χ2n) is 7.16. The molecule has 5 heteroatoms. The van der Waals surface area contributed by atoms with Gasteiger partial charge in [-0.2, -0.15) is 0 Å². The lowest BCUT2D eigenvalue weighted by Crippen LogP contribution is -2.48. The van der Waals surface area contributed by atoms with Gasteiger partial charge in [0.15, 0.2) is 0 Å². The number of aliphatic hydroxyl groups is 1. The first-order valence-corrected chi connectivity index (χ1v) is 11.0. The van der Waals surface area contributed by atoms with E-state index in [4.69, 9.17) is 9.47 Å². The van der Waals surface area contributed by atoms with Crippen LogP contribution in [0.2, 0.25) is 25.7 Å². The third-order valence-electron chi connectivity index (χ3n) is 3.71. The Morgan fingerprint density at radius 1 is 1.21 bits per heavy atom. The van der Waals surface area contributed by atoms with Gasteiger partial charge in [0.2, 0.25) is 0 Å². The molecule has 1 aliphatic rings. The lowest BCUT2D eigenvalue weighted by molar-refractivity contribution is -0.0960. The molecule has 0 saturated carbocycles. The minimum absolute atomic E-state index is 0.203. The molecule has 1 fully saturated rings. The van der Waals surface area contributed by atoms with Crippen molar-refractivity contribution in [3.05, 3.63) is 0 Å². The van der Waals surface area contributed by atoms with Gasteiger partial charge in [-0.15, -0.1) is 0 Å². The zero-order valence-electron chi connectivity index (χ0n) is 13.2. The van der Waals surface area contributed by atoms with E-state index in [0.717, 1.165) is 19.7 Å². The van der Waals surface area contributed by atoms with Gasteiger partial charge >= 0.3 is 0 Å². The van der Waals surface area contributed by atoms with Crippen molar-refractivity contribution in [1.29, 1.82) is 0 Å². The fraction of sp³-hybridized carbons (Fsp3) is 1.00. The summed E-state index contributed by atoms with van der Waals surface area (Å²) in [6.07, 6.45) is -0.252. The molecule has 0 radical (unpaired) electrons. The Balaban J connectivity index is 2.11. The van der Waals surface area contributed by atoms with E-state index in [1.165, 1.54) is 6.04 Å². The van der Waals surface area contributed by atoms with Gasteiger partial charge < -0.3 is 19.5 Å². The predicted molar refractivity (Wildman–Crippen MR) is 81.1 cm³/mol. The Labute approximate surface area is 119 Å². The smallest absolute Gasteiger partial charge is 0.146 e. The molecular formula is C14H31NO3Si. The van der Waals surface area contributed by atoms with Crippen molar-refractivity contribution in [2.45, 2.75) is 38.7 Å². The maximum absolute atomic E-state index is 10.1. The molecule has 114 valence electrons. The van der Waals surface area contributed by atoms with Crippen LogP contribution < -0.4 is 0 Å². The van der Waals surface area contributed by atoms with Crippen molar-refractivity contribution < 1.29 is 14.6 Å². The standard InChI is InChI=1S/C14H31NO3Si/c1-12-8-15(2)9-13(14(12)16)10-18-11-17-6-7-19(3,4)5/h12-14,16H,6-11H2,1-5H3/t12-,13-,14-/m1/s1. The van der Waals surface area contributed by atoms with Crippen molar-refractivity contribution in [2.75, 3.05) is 40.1 Å². The molecule has 4 nitrogen and oxygen atoms in total. The highest BCUT2D eigenvalue weighted by molar-refractivity contribution is 6.76. The molecule has 1 saturated heterocycles. The molecule has 0 aromatic heterocycles. The molecule has 0 bridgehead atoms. The maximum atomic E-state index is 10.1. The Kier molecular flexibility index (Phi) is 6.97. The quantitative estimate of drug-likeness (QED) is 0.441. The molecule has 0 unspecified atom stereocenters. The SMILES string of the molecule is C[C@@H]1CN(C)C[C@H](COCOCC[Si](C)(C)C)[C@@H]1O. The fourth-order valence-electron chi connectivity index (χ4n) is 2.49. The summed E-state index contributed by atoms with van der Waals surface area (Å²) >= 11 is 0. The number of piperidine rings is 1. The molecule has 0 amide bonds. The lowest BCUT2D eigenvalue weighted by atomic mass is 9.88. The summed E-state index contributed by atoms with van der Waals surface area (Å²) in [7, 11) is 1.09. The van der Waals surface area contributed by atoms with Gasteiger partial charge in [0.25, 0.3) is 0 Å². The zero-order chi connectivity index (χ0) is 14.5. The molecule has 1 N–H and O–H groups in total. The average molecular weight is 289 g/mol. The van der Waals surface area contributed by atoms with E-state index < -0.39 is 8.07 Å². The first kappa shape index (κ1) is 17.1. The summed E-state index contributed by atoms with van der Waals surface area (Å²) in [5.74, 6) is 0.523. The highest BCUT2D eigenvalue weighted by atomic mass is 28.3. The third kappa shape index (κ3) is 6.86. The van der Waals surface area contributed by atoms with Crippen molar-refractivity contribution in [3.63, 3.8) is 0 Å². The summed E-state index contributed by atoms with van der Waals surface area (Å²) in [6, 6.07) is 1.17. The van der Waals surface area contributed by atoms with Crippen LogP contribution in [-0.4, -0.2) is 64.3 Å². The van der Waals surface area contributed by atoms with E-state index in [0.29, 0.717) is 19.3 Å². The minimum Gasteiger partial charge on any atom is -0.392 e. The van der Waals surface area contributed by atoms with E-state index in [2.05, 4.69) is 38.5 Å². The maximum Gasteiger partial charge on any atom is 0.146 e. The molecule has 19 heavy (non-hydrogen) atoms. The molecule has 0 spiro atoms. The molecule has 1 aliphatic heterocycles. The Morgan fingerprint density at radius 3 is 2.53 bits per heavy atom. The normalized spacial score (nSPS) is 29.7. The van der Waals surface area contributed by atoms with Crippen LogP contribution in [0.4, 0.5) is 0 Å². The fourth-order valence-corrected chi connectivity index (χ4v) is 3.25. The largest absolute Gasteiger partial charge is 0.392 e. The van der Waals surface area contributed by atoms with Crippen molar-refractivity contribution in [2.24, 2.45) is 11.8 Å². The van der Waals surface area contributed by atoms with Crippen LogP contribution in [-0.2, 0) is 9.47 Å². The van der Waals surface area contributed by atoms with Crippen LogP contribution in [0.15, 0.2) is 0 Å². The number of likely N-dealkylation sites (tertiary alicyclic amines) is 1. The molecule has 1 heterocycles. The van der Waals surface area contributed by atoms with Crippen molar-refractivity contribution in [3.8, 4) is 0 Å². The first-order valence-electron chi connectivity index (χ1n) is 7.31. The molecule has 0 aliphatic carbocycles. The Hall–Kier alpha value is 0.0569. The van der Waals surface area contributed by atoms with Crippen LogP contribution in [0.5, 0.6) is 0 Å². The monoisotopic (exact) mass is 289 g/mol. The molecule has 0 aromatic carbocycles. The predicted octanol–water partition coefficient (Wildman–Crippen LogP) is 1.87. The minimum atomic E-state index is -1.01. The van der Waals surface area contributed by atoms with Gasteiger partial charge in [0.1, 0.15) is 6.79 Å². The first-order chi connectivity index (χ1) is 8.79. The summed E-state index contributed by atoms with van der Waals surface area (Å²) in [5.41, 5.74) is 0. The summed E-state index contributed by atoms with van der Waals surface area (Å²) in [4.78, 5) is 2.26. The second-order valence-corrected chi connectivity index (χ2v) is 12.8. The number of hydrogen-bond donors (Lipinski definition) is 1. The van der Waals surface area contributed by atoms with E-state index in [1.54, 1.807) is 0 Å². The highest BCUT2D eigenvalue weighted by Crippen LogP contribution is 2.21. The van der Waals surface area contributed by atoms with E-state index in [9.17, 15) is 5.11 Å². The van der Waals surface area contributed by atoms with E-state index in [-0.39, 0.29) is 12.0 Å². The topological polar surface area (TPSA) is 41.9 Å². The summed E-state index contributed by atoms with van der Waals surface area (Å²) in [5, 5.41) is 10.1. The van der Waals surface area contributed by atoms with Gasteiger partial charge in [-0.05, 0) is 19.0 Å². The molecule has 0 aromatic rings. The zero-order valence-corrected chi connectivity index (χ0v) is 14.2. The highest BCUT2D eigenvalue weighted by Gasteiger charge is 2.31. The third-order valence-corrected chi connectivity index (χ3v) is 5.41. The lowest BCUT2D eigenvalue weighted by Gasteiger charge is -2.38.